The van der Waals surface area contributed by atoms with Gasteiger partial charge in [-0.2, -0.15) is 10.2 Å². The molecule has 0 spiro atoms. The van der Waals surface area contributed by atoms with Crippen LogP contribution in [0.5, 0.6) is 0 Å². The van der Waals surface area contributed by atoms with E-state index in [9.17, 15) is 0 Å². The zero-order chi connectivity index (χ0) is 8.27. The van der Waals surface area contributed by atoms with Crippen LogP contribution in [0, 0.1) is 5.92 Å². The Morgan fingerprint density at radius 3 is 2.91 bits per heavy atom. The van der Waals surface area contributed by atoms with Crippen molar-refractivity contribution in [2.45, 2.75) is 13.8 Å². The first-order valence-electron chi connectivity index (χ1n) is 3.67. The second kappa shape index (κ2) is 3.34. The molecule has 3 nitrogen and oxygen atoms in total. The van der Waals surface area contributed by atoms with Gasteiger partial charge in [-0.15, -0.1) is 0 Å². The molecule has 0 bridgehead atoms. The SMILES string of the molecule is CC(C)/C=C1/C=CC=NN1N. The minimum Gasteiger partial charge on any atom is -0.226 e. The van der Waals surface area contributed by atoms with Crippen molar-refractivity contribution in [1.82, 2.24) is 5.12 Å². The summed E-state index contributed by atoms with van der Waals surface area (Å²) in [4.78, 5) is 0. The van der Waals surface area contributed by atoms with Crippen LogP contribution < -0.4 is 5.84 Å². The second-order valence-corrected chi connectivity index (χ2v) is 2.80. The molecule has 0 aromatic carbocycles. The van der Waals surface area contributed by atoms with Crippen LogP contribution in [0.25, 0.3) is 0 Å². The van der Waals surface area contributed by atoms with Crippen LogP contribution in [-0.2, 0) is 0 Å². The van der Waals surface area contributed by atoms with E-state index in [4.69, 9.17) is 5.84 Å². The van der Waals surface area contributed by atoms with Gasteiger partial charge in [-0.05, 0) is 18.1 Å². The molecule has 0 atom stereocenters. The number of rotatable bonds is 1. The normalized spacial score (nSPS) is 20.4. The van der Waals surface area contributed by atoms with Gasteiger partial charge in [0.2, 0.25) is 0 Å². The van der Waals surface area contributed by atoms with Crippen LogP contribution >= 0.6 is 0 Å². The molecule has 0 radical (unpaired) electrons. The lowest BCUT2D eigenvalue weighted by Gasteiger charge is -2.16. The van der Waals surface area contributed by atoms with Crippen molar-refractivity contribution in [1.29, 1.82) is 0 Å². The molecule has 0 aromatic rings. The summed E-state index contributed by atoms with van der Waals surface area (Å²) in [6, 6.07) is 0. The number of hydrogen-bond donors (Lipinski definition) is 1. The van der Waals surface area contributed by atoms with Gasteiger partial charge in [0.05, 0.1) is 5.70 Å². The Morgan fingerprint density at radius 1 is 1.64 bits per heavy atom. The predicted octanol–water partition coefficient (Wildman–Crippen LogP) is 1.26. The molecule has 0 aromatic heterocycles. The number of hydrogen-bond acceptors (Lipinski definition) is 3. The molecular formula is C8H13N3. The van der Waals surface area contributed by atoms with E-state index < -0.39 is 0 Å². The molecular weight excluding hydrogens is 138 g/mol. The van der Waals surface area contributed by atoms with Crippen molar-refractivity contribution in [2.24, 2.45) is 16.9 Å². The van der Waals surface area contributed by atoms with E-state index in [1.165, 1.54) is 5.12 Å². The Hall–Kier alpha value is -1.09. The Balaban J connectivity index is 2.73. The van der Waals surface area contributed by atoms with Crippen LogP contribution in [0.2, 0.25) is 0 Å². The Bertz CT molecular complexity index is 213. The Labute approximate surface area is 66.8 Å². The summed E-state index contributed by atoms with van der Waals surface area (Å²) in [5.74, 6) is 6.04. The van der Waals surface area contributed by atoms with Crippen LogP contribution in [0.1, 0.15) is 13.8 Å². The molecule has 60 valence electrons. The van der Waals surface area contributed by atoms with Gasteiger partial charge in [0.15, 0.2) is 0 Å². The number of allylic oxidation sites excluding steroid dienone is 3. The summed E-state index contributed by atoms with van der Waals surface area (Å²) in [6.07, 6.45) is 7.54. The maximum absolute atomic E-state index is 5.54. The highest BCUT2D eigenvalue weighted by molar-refractivity contribution is 5.72. The van der Waals surface area contributed by atoms with E-state index in [2.05, 4.69) is 25.0 Å². The largest absolute Gasteiger partial charge is 0.226 e. The van der Waals surface area contributed by atoms with Crippen molar-refractivity contribution in [3.8, 4) is 0 Å². The molecule has 1 heterocycles. The molecule has 0 saturated carbocycles. The molecule has 2 N–H and O–H groups in total. The predicted molar refractivity (Wildman–Crippen MR) is 46.6 cm³/mol. The highest BCUT2D eigenvalue weighted by Crippen LogP contribution is 2.08. The molecule has 0 fully saturated rings. The van der Waals surface area contributed by atoms with Crippen molar-refractivity contribution in [3.63, 3.8) is 0 Å². The number of hydrazone groups is 1. The molecule has 1 rings (SSSR count). The first-order chi connectivity index (χ1) is 5.20. The van der Waals surface area contributed by atoms with E-state index in [1.807, 2.05) is 12.2 Å². The fourth-order valence-corrected chi connectivity index (χ4v) is 0.868. The van der Waals surface area contributed by atoms with Crippen LogP contribution in [-0.4, -0.2) is 11.3 Å². The van der Waals surface area contributed by atoms with Crippen molar-refractivity contribution in [3.05, 3.63) is 23.9 Å². The first kappa shape index (κ1) is 8.01. The van der Waals surface area contributed by atoms with E-state index in [0.29, 0.717) is 5.92 Å². The second-order valence-electron chi connectivity index (χ2n) is 2.80. The lowest BCUT2D eigenvalue weighted by molar-refractivity contribution is 0.390. The Kier molecular flexibility index (Phi) is 2.44. The molecule has 0 aliphatic carbocycles. The molecule has 1 aliphatic heterocycles. The quantitative estimate of drug-likeness (QED) is 0.573. The van der Waals surface area contributed by atoms with Gasteiger partial charge in [0.25, 0.3) is 0 Å². The van der Waals surface area contributed by atoms with Crippen LogP contribution in [0.15, 0.2) is 29.0 Å². The summed E-state index contributed by atoms with van der Waals surface area (Å²) in [7, 11) is 0. The van der Waals surface area contributed by atoms with Crippen molar-refractivity contribution < 1.29 is 0 Å². The zero-order valence-corrected chi connectivity index (χ0v) is 6.86. The molecule has 1 aliphatic rings. The standard InChI is InChI=1S/C8H13N3/c1-7(2)6-8-4-3-5-10-11(8)9/h3-7H,9H2,1-2H3/b8-6-. The van der Waals surface area contributed by atoms with Gasteiger partial charge in [-0.3, -0.25) is 0 Å². The summed E-state index contributed by atoms with van der Waals surface area (Å²) < 4.78 is 0. The molecule has 0 saturated heterocycles. The Morgan fingerprint density at radius 2 is 2.36 bits per heavy atom. The van der Waals surface area contributed by atoms with Gasteiger partial charge in [0.1, 0.15) is 0 Å². The van der Waals surface area contributed by atoms with Crippen molar-refractivity contribution in [2.75, 3.05) is 0 Å². The highest BCUT2D eigenvalue weighted by Gasteiger charge is 2.02. The maximum atomic E-state index is 5.54. The van der Waals surface area contributed by atoms with Gasteiger partial charge in [0, 0.05) is 6.21 Å². The topological polar surface area (TPSA) is 41.6 Å². The van der Waals surface area contributed by atoms with E-state index in [-0.39, 0.29) is 0 Å². The van der Waals surface area contributed by atoms with Crippen molar-refractivity contribution >= 4 is 6.21 Å². The molecule has 11 heavy (non-hydrogen) atoms. The van der Waals surface area contributed by atoms with Gasteiger partial charge < -0.3 is 0 Å². The summed E-state index contributed by atoms with van der Waals surface area (Å²) in [5, 5.41) is 5.27. The summed E-state index contributed by atoms with van der Waals surface area (Å²) in [5.41, 5.74) is 0.947. The van der Waals surface area contributed by atoms with E-state index >= 15 is 0 Å². The lowest BCUT2D eigenvalue weighted by Crippen LogP contribution is -2.25. The average molecular weight is 151 g/mol. The number of hydrazine groups is 1. The molecule has 0 unspecified atom stereocenters. The minimum atomic E-state index is 0.494. The summed E-state index contributed by atoms with van der Waals surface area (Å²) >= 11 is 0. The van der Waals surface area contributed by atoms with E-state index in [0.717, 1.165) is 5.70 Å². The first-order valence-corrected chi connectivity index (χ1v) is 3.67. The fourth-order valence-electron chi connectivity index (χ4n) is 0.868. The highest BCUT2D eigenvalue weighted by atomic mass is 15.6. The average Bonchev–Trinajstić information content (AvgIpc) is 1.93. The third kappa shape index (κ3) is 2.20. The fraction of sp³-hybridized carbons (Fsp3) is 0.375. The van der Waals surface area contributed by atoms with Crippen LogP contribution in [0.3, 0.4) is 0 Å². The maximum Gasteiger partial charge on any atom is 0.0739 e. The third-order valence-electron chi connectivity index (χ3n) is 1.31. The minimum absolute atomic E-state index is 0.494. The monoisotopic (exact) mass is 151 g/mol. The smallest absolute Gasteiger partial charge is 0.0739 e. The van der Waals surface area contributed by atoms with Crippen LogP contribution in [0.4, 0.5) is 0 Å². The van der Waals surface area contributed by atoms with E-state index in [1.54, 1.807) is 6.21 Å². The van der Waals surface area contributed by atoms with Gasteiger partial charge >= 0.3 is 0 Å². The zero-order valence-electron chi connectivity index (χ0n) is 6.86. The lowest BCUT2D eigenvalue weighted by atomic mass is 10.2. The number of nitrogens with two attached hydrogens (primary N) is 1. The molecule has 3 heteroatoms. The van der Waals surface area contributed by atoms with Gasteiger partial charge in [-0.1, -0.05) is 19.9 Å². The summed E-state index contributed by atoms with van der Waals surface area (Å²) in [6.45, 7) is 4.21. The molecule has 0 amide bonds. The number of nitrogens with zero attached hydrogens (tertiary/aromatic N) is 2. The van der Waals surface area contributed by atoms with Gasteiger partial charge in [-0.25, -0.2) is 5.84 Å². The third-order valence-corrected chi connectivity index (χ3v) is 1.31.